The molecular formula is C8H18BrNO2S. The second kappa shape index (κ2) is 5.98. The molecule has 0 aliphatic heterocycles. The molecule has 0 spiro atoms. The first-order valence-electron chi connectivity index (χ1n) is 4.47. The van der Waals surface area contributed by atoms with Gasteiger partial charge in [-0.05, 0) is 19.3 Å². The highest BCUT2D eigenvalue weighted by atomic mass is 79.9. The van der Waals surface area contributed by atoms with Gasteiger partial charge in [-0.15, -0.1) is 0 Å². The number of hydrogen-bond donors (Lipinski definition) is 1. The lowest BCUT2D eigenvalue weighted by atomic mass is 10.0. The van der Waals surface area contributed by atoms with E-state index in [-0.39, 0.29) is 10.7 Å². The smallest absolute Gasteiger partial charge is 0.212 e. The molecule has 0 bridgehead atoms. The molecular weight excluding hydrogens is 254 g/mol. The van der Waals surface area contributed by atoms with Gasteiger partial charge in [0.2, 0.25) is 10.0 Å². The van der Waals surface area contributed by atoms with Crippen LogP contribution in [0.15, 0.2) is 0 Å². The van der Waals surface area contributed by atoms with Crippen LogP contribution in [-0.2, 0) is 10.0 Å². The molecule has 0 aromatic rings. The first-order chi connectivity index (χ1) is 5.91. The van der Waals surface area contributed by atoms with E-state index in [2.05, 4.69) is 34.5 Å². The molecule has 0 aromatic heterocycles. The van der Waals surface area contributed by atoms with E-state index in [4.69, 9.17) is 0 Å². The Bertz CT molecular complexity index is 228. The van der Waals surface area contributed by atoms with E-state index >= 15 is 0 Å². The minimum Gasteiger partial charge on any atom is -0.212 e. The van der Waals surface area contributed by atoms with Crippen molar-refractivity contribution in [1.82, 2.24) is 4.72 Å². The molecule has 0 rings (SSSR count). The molecule has 0 aliphatic rings. The Balaban J connectivity index is 3.94. The second-order valence-electron chi connectivity index (χ2n) is 3.49. The summed E-state index contributed by atoms with van der Waals surface area (Å²) in [7, 11) is -3.11. The highest BCUT2D eigenvalue weighted by Crippen LogP contribution is 2.10. The number of sulfonamides is 1. The van der Waals surface area contributed by atoms with Crippen molar-refractivity contribution >= 4 is 26.0 Å². The molecule has 5 heteroatoms. The van der Waals surface area contributed by atoms with Crippen LogP contribution in [0, 0.1) is 5.92 Å². The van der Waals surface area contributed by atoms with Crippen molar-refractivity contribution in [3.05, 3.63) is 0 Å². The Hall–Kier alpha value is 0.390. The van der Waals surface area contributed by atoms with Gasteiger partial charge < -0.3 is 0 Å². The van der Waals surface area contributed by atoms with Crippen LogP contribution in [0.3, 0.4) is 0 Å². The van der Waals surface area contributed by atoms with Gasteiger partial charge in [-0.25, -0.2) is 13.1 Å². The fraction of sp³-hybridized carbons (Fsp3) is 1.00. The van der Waals surface area contributed by atoms with E-state index in [9.17, 15) is 8.42 Å². The van der Waals surface area contributed by atoms with Crippen LogP contribution in [0.5, 0.6) is 0 Å². The molecule has 0 heterocycles. The summed E-state index contributed by atoms with van der Waals surface area (Å²) in [6.45, 7) is 6.13. The third kappa shape index (κ3) is 6.46. The van der Waals surface area contributed by atoms with Crippen LogP contribution in [0.25, 0.3) is 0 Å². The Morgan fingerprint density at radius 1 is 1.38 bits per heavy atom. The lowest BCUT2D eigenvalue weighted by Gasteiger charge is -2.16. The van der Waals surface area contributed by atoms with Crippen LogP contribution >= 0.6 is 15.9 Å². The highest BCUT2D eigenvalue weighted by Gasteiger charge is 2.14. The van der Waals surface area contributed by atoms with E-state index in [0.29, 0.717) is 5.92 Å². The van der Waals surface area contributed by atoms with Gasteiger partial charge in [0.25, 0.3) is 0 Å². The fourth-order valence-electron chi connectivity index (χ4n) is 1.16. The van der Waals surface area contributed by atoms with E-state index in [1.165, 1.54) is 0 Å². The maximum absolute atomic E-state index is 11.1. The first kappa shape index (κ1) is 13.4. The third-order valence-corrected chi connectivity index (χ3v) is 4.83. The third-order valence-electron chi connectivity index (χ3n) is 1.98. The number of alkyl halides is 1. The summed E-state index contributed by atoms with van der Waals surface area (Å²) in [5.74, 6) is 0.563. The Morgan fingerprint density at radius 2 is 1.92 bits per heavy atom. The SMILES string of the molecule is CCC(C)CC(C)NS(=O)(=O)CBr. The normalized spacial score (nSPS) is 16.9. The molecule has 0 aliphatic carbocycles. The average molecular weight is 272 g/mol. The van der Waals surface area contributed by atoms with Gasteiger partial charge in [0, 0.05) is 6.04 Å². The number of rotatable bonds is 6. The predicted octanol–water partition coefficient (Wildman–Crippen LogP) is 2.08. The van der Waals surface area contributed by atoms with Crippen LogP contribution < -0.4 is 4.72 Å². The largest absolute Gasteiger partial charge is 0.221 e. The highest BCUT2D eigenvalue weighted by molar-refractivity contribution is 9.10. The molecule has 80 valence electrons. The molecule has 0 radical (unpaired) electrons. The first-order valence-corrected chi connectivity index (χ1v) is 7.24. The fourth-order valence-corrected chi connectivity index (χ4v) is 2.33. The summed E-state index contributed by atoms with van der Waals surface area (Å²) in [6.07, 6.45) is 1.98. The van der Waals surface area contributed by atoms with Gasteiger partial charge in [-0.3, -0.25) is 0 Å². The van der Waals surface area contributed by atoms with Crippen molar-refractivity contribution in [3.63, 3.8) is 0 Å². The average Bonchev–Trinajstić information content (AvgIpc) is 2.03. The summed E-state index contributed by atoms with van der Waals surface area (Å²) in [4.78, 5) is 0. The standard InChI is InChI=1S/C8H18BrNO2S/c1-4-7(2)5-8(3)10-13(11,12)6-9/h7-8,10H,4-6H2,1-3H3. The van der Waals surface area contributed by atoms with Gasteiger partial charge in [0.1, 0.15) is 4.66 Å². The number of halogens is 1. The van der Waals surface area contributed by atoms with Crippen LogP contribution in [0.1, 0.15) is 33.6 Å². The van der Waals surface area contributed by atoms with E-state index in [1.54, 1.807) is 0 Å². The van der Waals surface area contributed by atoms with Crippen molar-refractivity contribution in [2.45, 2.75) is 39.7 Å². The summed E-state index contributed by atoms with van der Waals surface area (Å²) < 4.78 is 24.8. The van der Waals surface area contributed by atoms with Crippen molar-refractivity contribution < 1.29 is 8.42 Å². The molecule has 3 nitrogen and oxygen atoms in total. The summed E-state index contributed by atoms with van der Waals surface area (Å²) >= 11 is 2.93. The summed E-state index contributed by atoms with van der Waals surface area (Å²) in [5, 5.41) is 0. The summed E-state index contributed by atoms with van der Waals surface area (Å²) in [5.41, 5.74) is 0. The van der Waals surface area contributed by atoms with Gasteiger partial charge >= 0.3 is 0 Å². The maximum Gasteiger partial charge on any atom is 0.221 e. The van der Waals surface area contributed by atoms with E-state index in [1.807, 2.05) is 6.92 Å². The molecule has 0 saturated heterocycles. The van der Waals surface area contributed by atoms with Crippen LogP contribution in [-0.4, -0.2) is 19.1 Å². The summed E-state index contributed by atoms with van der Waals surface area (Å²) in [6, 6.07) is 0.0255. The molecule has 2 unspecified atom stereocenters. The minimum atomic E-state index is -3.11. The van der Waals surface area contributed by atoms with Gasteiger partial charge in [-0.2, -0.15) is 0 Å². The van der Waals surface area contributed by atoms with Gasteiger partial charge in [0.05, 0.1) is 0 Å². The van der Waals surface area contributed by atoms with Crippen LogP contribution in [0.2, 0.25) is 0 Å². The topological polar surface area (TPSA) is 46.2 Å². The van der Waals surface area contributed by atoms with Crippen molar-refractivity contribution in [2.75, 3.05) is 4.66 Å². The van der Waals surface area contributed by atoms with Crippen molar-refractivity contribution in [3.8, 4) is 0 Å². The van der Waals surface area contributed by atoms with Crippen molar-refractivity contribution in [1.29, 1.82) is 0 Å². The molecule has 0 amide bonds. The monoisotopic (exact) mass is 271 g/mol. The van der Waals surface area contributed by atoms with Gasteiger partial charge in [-0.1, -0.05) is 36.2 Å². The molecule has 0 saturated carbocycles. The Morgan fingerprint density at radius 3 is 2.31 bits per heavy atom. The molecule has 2 atom stereocenters. The van der Waals surface area contributed by atoms with Crippen LogP contribution in [0.4, 0.5) is 0 Å². The molecule has 1 N–H and O–H groups in total. The zero-order valence-electron chi connectivity index (χ0n) is 8.38. The minimum absolute atomic E-state index is 0.0230. The Labute approximate surface area is 89.5 Å². The lowest BCUT2D eigenvalue weighted by molar-refractivity contribution is 0.446. The van der Waals surface area contributed by atoms with Gasteiger partial charge in [0.15, 0.2) is 0 Å². The quantitative estimate of drug-likeness (QED) is 0.752. The zero-order chi connectivity index (χ0) is 10.5. The lowest BCUT2D eigenvalue weighted by Crippen LogP contribution is -2.34. The van der Waals surface area contributed by atoms with E-state index in [0.717, 1.165) is 12.8 Å². The number of hydrogen-bond acceptors (Lipinski definition) is 2. The molecule has 0 fully saturated rings. The van der Waals surface area contributed by atoms with E-state index < -0.39 is 10.0 Å². The zero-order valence-corrected chi connectivity index (χ0v) is 10.8. The molecule has 13 heavy (non-hydrogen) atoms. The second-order valence-corrected chi connectivity index (χ2v) is 6.55. The number of nitrogens with one attached hydrogen (secondary N) is 1. The Kier molecular flexibility index (Phi) is 6.16. The molecule has 0 aromatic carbocycles. The maximum atomic E-state index is 11.1. The van der Waals surface area contributed by atoms with Crippen molar-refractivity contribution in [2.24, 2.45) is 5.92 Å². The predicted molar refractivity (Wildman–Crippen MR) is 59.4 cm³/mol.